The smallest absolute Gasteiger partial charge is 0.225 e. The fourth-order valence-electron chi connectivity index (χ4n) is 4.69. The van der Waals surface area contributed by atoms with Crippen LogP contribution in [0.25, 0.3) is 0 Å². The van der Waals surface area contributed by atoms with Crippen molar-refractivity contribution in [3.63, 3.8) is 0 Å². The van der Waals surface area contributed by atoms with Crippen LogP contribution in [0.15, 0.2) is 36.4 Å². The van der Waals surface area contributed by atoms with Crippen LogP contribution in [0.4, 0.5) is 17.3 Å². The number of piperazine rings is 1. The lowest BCUT2D eigenvalue weighted by molar-refractivity contribution is -0.137. The van der Waals surface area contributed by atoms with Gasteiger partial charge < -0.3 is 19.6 Å². The predicted octanol–water partition coefficient (Wildman–Crippen LogP) is 2.80. The number of amides is 1. The van der Waals surface area contributed by atoms with Gasteiger partial charge in [0.05, 0.1) is 0 Å². The number of hydrogen-bond acceptors (Lipinski definition) is 6. The minimum Gasteiger partial charge on any atom is -0.365 e. The molecule has 31 heavy (non-hydrogen) atoms. The van der Waals surface area contributed by atoms with E-state index in [9.17, 15) is 4.79 Å². The molecule has 1 amide bonds. The molecule has 7 heteroatoms. The van der Waals surface area contributed by atoms with E-state index in [4.69, 9.17) is 0 Å². The number of piperidine rings is 1. The Labute approximate surface area is 185 Å². The van der Waals surface area contributed by atoms with Gasteiger partial charge in [0.15, 0.2) is 11.6 Å². The third-order valence-corrected chi connectivity index (χ3v) is 6.54. The summed E-state index contributed by atoms with van der Waals surface area (Å²) in [6.45, 7) is 8.54. The molecule has 0 saturated carbocycles. The summed E-state index contributed by atoms with van der Waals surface area (Å²) < 4.78 is 0. The molecule has 0 N–H and O–H groups in total. The maximum absolute atomic E-state index is 13.2. The number of benzene rings is 1. The second-order valence-corrected chi connectivity index (χ2v) is 9.07. The first-order valence-electron chi connectivity index (χ1n) is 11.3. The normalized spacial score (nSPS) is 20.1. The first kappa shape index (κ1) is 21.4. The number of carbonyl (C=O) groups excluding carboxylic acids is 1. The molecule has 2 aliphatic heterocycles. The molecule has 1 unspecified atom stereocenters. The second-order valence-electron chi connectivity index (χ2n) is 9.07. The Morgan fingerprint density at radius 3 is 2.42 bits per heavy atom. The number of aryl methyl sites for hydroxylation is 1. The molecule has 1 aromatic heterocycles. The van der Waals surface area contributed by atoms with Crippen molar-refractivity contribution < 1.29 is 4.79 Å². The SMILES string of the molecule is Cc1cccc(N2CCN(C(=O)C3CCN(c4ccc(N(C)C)nn4)CC3)CC2C)c1. The Hall–Kier alpha value is -2.83. The Balaban J connectivity index is 1.31. The summed E-state index contributed by atoms with van der Waals surface area (Å²) in [6.07, 6.45) is 1.75. The molecule has 166 valence electrons. The predicted molar refractivity (Wildman–Crippen MR) is 126 cm³/mol. The molecule has 2 fully saturated rings. The van der Waals surface area contributed by atoms with E-state index in [1.54, 1.807) is 0 Å². The van der Waals surface area contributed by atoms with Crippen molar-refractivity contribution in [2.24, 2.45) is 5.92 Å². The summed E-state index contributed by atoms with van der Waals surface area (Å²) in [7, 11) is 3.92. The maximum atomic E-state index is 13.2. The molecule has 7 nitrogen and oxygen atoms in total. The number of anilines is 3. The van der Waals surface area contributed by atoms with E-state index in [0.717, 1.165) is 57.2 Å². The van der Waals surface area contributed by atoms with Crippen molar-refractivity contribution in [1.29, 1.82) is 0 Å². The zero-order valence-electron chi connectivity index (χ0n) is 19.2. The van der Waals surface area contributed by atoms with E-state index >= 15 is 0 Å². The number of nitrogens with zero attached hydrogens (tertiary/aromatic N) is 6. The molecular formula is C24H34N6O. The number of aromatic nitrogens is 2. The molecule has 0 spiro atoms. The minimum atomic E-state index is 0.114. The van der Waals surface area contributed by atoms with Crippen LogP contribution in [-0.2, 0) is 4.79 Å². The molecule has 1 aromatic carbocycles. The summed E-state index contributed by atoms with van der Waals surface area (Å²) in [5.74, 6) is 2.19. The van der Waals surface area contributed by atoms with Crippen molar-refractivity contribution in [2.75, 3.05) is 61.5 Å². The van der Waals surface area contributed by atoms with Gasteiger partial charge in [-0.3, -0.25) is 4.79 Å². The van der Waals surface area contributed by atoms with E-state index in [0.29, 0.717) is 11.9 Å². The Morgan fingerprint density at radius 1 is 1.03 bits per heavy atom. The van der Waals surface area contributed by atoms with Crippen molar-refractivity contribution >= 4 is 23.2 Å². The van der Waals surface area contributed by atoms with Crippen LogP contribution >= 0.6 is 0 Å². The van der Waals surface area contributed by atoms with E-state index in [-0.39, 0.29) is 5.92 Å². The summed E-state index contributed by atoms with van der Waals surface area (Å²) in [5, 5.41) is 8.65. The van der Waals surface area contributed by atoms with Crippen LogP contribution < -0.4 is 14.7 Å². The van der Waals surface area contributed by atoms with Gasteiger partial charge in [0.1, 0.15) is 0 Å². The largest absolute Gasteiger partial charge is 0.365 e. The minimum absolute atomic E-state index is 0.114. The summed E-state index contributed by atoms with van der Waals surface area (Å²) >= 11 is 0. The fourth-order valence-corrected chi connectivity index (χ4v) is 4.69. The van der Waals surface area contributed by atoms with Crippen molar-refractivity contribution in [1.82, 2.24) is 15.1 Å². The van der Waals surface area contributed by atoms with Crippen LogP contribution in [0, 0.1) is 12.8 Å². The summed E-state index contributed by atoms with van der Waals surface area (Å²) in [4.78, 5) is 21.9. The van der Waals surface area contributed by atoms with Gasteiger partial charge in [-0.2, -0.15) is 0 Å². The van der Waals surface area contributed by atoms with Crippen LogP contribution in [0.2, 0.25) is 0 Å². The van der Waals surface area contributed by atoms with Crippen molar-refractivity contribution in [3.8, 4) is 0 Å². The number of hydrogen-bond donors (Lipinski definition) is 0. The highest BCUT2D eigenvalue weighted by atomic mass is 16.2. The van der Waals surface area contributed by atoms with Crippen LogP contribution in [0.1, 0.15) is 25.3 Å². The highest BCUT2D eigenvalue weighted by Gasteiger charge is 2.33. The molecule has 4 rings (SSSR count). The summed E-state index contributed by atoms with van der Waals surface area (Å²) in [6, 6.07) is 13.0. The second kappa shape index (κ2) is 9.12. The molecule has 2 aliphatic rings. The van der Waals surface area contributed by atoms with E-state index in [1.165, 1.54) is 11.3 Å². The van der Waals surface area contributed by atoms with Crippen molar-refractivity contribution in [2.45, 2.75) is 32.7 Å². The average molecular weight is 423 g/mol. The Kier molecular flexibility index (Phi) is 6.30. The number of carbonyl (C=O) groups is 1. The van der Waals surface area contributed by atoms with Crippen LogP contribution in [0.3, 0.4) is 0 Å². The molecule has 2 saturated heterocycles. The highest BCUT2D eigenvalue weighted by Crippen LogP contribution is 2.26. The lowest BCUT2D eigenvalue weighted by atomic mass is 9.94. The molecular weight excluding hydrogens is 388 g/mol. The van der Waals surface area contributed by atoms with E-state index in [1.807, 2.05) is 31.1 Å². The van der Waals surface area contributed by atoms with Crippen LogP contribution in [0.5, 0.6) is 0 Å². The third-order valence-electron chi connectivity index (χ3n) is 6.54. The van der Waals surface area contributed by atoms with Crippen LogP contribution in [-0.4, -0.2) is 73.9 Å². The molecule has 3 heterocycles. The molecule has 0 bridgehead atoms. The monoisotopic (exact) mass is 422 g/mol. The molecule has 1 atom stereocenters. The molecule has 0 radical (unpaired) electrons. The number of rotatable bonds is 4. The fraction of sp³-hybridized carbons (Fsp3) is 0.542. The van der Waals surface area contributed by atoms with Gasteiger partial charge in [-0.15, -0.1) is 10.2 Å². The topological polar surface area (TPSA) is 55.8 Å². The zero-order chi connectivity index (χ0) is 22.0. The summed E-state index contributed by atoms with van der Waals surface area (Å²) in [5.41, 5.74) is 2.53. The highest BCUT2D eigenvalue weighted by molar-refractivity contribution is 5.79. The molecule has 2 aromatic rings. The van der Waals surface area contributed by atoms with E-state index in [2.05, 4.69) is 63.0 Å². The van der Waals surface area contributed by atoms with Gasteiger partial charge in [-0.05, 0) is 56.5 Å². The van der Waals surface area contributed by atoms with E-state index < -0.39 is 0 Å². The van der Waals surface area contributed by atoms with Gasteiger partial charge in [0.25, 0.3) is 0 Å². The third kappa shape index (κ3) is 4.75. The maximum Gasteiger partial charge on any atom is 0.225 e. The lowest BCUT2D eigenvalue weighted by Crippen LogP contribution is -2.55. The Bertz CT molecular complexity index is 891. The van der Waals surface area contributed by atoms with Gasteiger partial charge in [0.2, 0.25) is 5.91 Å². The standard InChI is InChI=1S/C24H34N6O/c1-18-6-5-7-21(16-18)30-15-14-29(17-19(30)2)24(31)20-10-12-28(13-11-20)23-9-8-22(25-26-23)27(3)4/h5-9,16,19-20H,10-15,17H2,1-4H3. The quantitative estimate of drug-likeness (QED) is 0.755. The lowest BCUT2D eigenvalue weighted by Gasteiger charge is -2.43. The average Bonchev–Trinajstić information content (AvgIpc) is 2.78. The Morgan fingerprint density at radius 2 is 1.81 bits per heavy atom. The first-order chi connectivity index (χ1) is 14.9. The van der Waals surface area contributed by atoms with Gasteiger partial charge in [-0.1, -0.05) is 12.1 Å². The molecule has 0 aliphatic carbocycles. The first-order valence-corrected chi connectivity index (χ1v) is 11.3. The zero-order valence-corrected chi connectivity index (χ0v) is 19.2. The van der Waals surface area contributed by atoms with Gasteiger partial charge in [0, 0.05) is 64.5 Å². The van der Waals surface area contributed by atoms with Gasteiger partial charge in [-0.25, -0.2) is 0 Å². The van der Waals surface area contributed by atoms with Crippen molar-refractivity contribution in [3.05, 3.63) is 42.0 Å². The van der Waals surface area contributed by atoms with Gasteiger partial charge >= 0.3 is 0 Å².